The number of pyridine rings is 2. The van der Waals surface area contributed by atoms with Gasteiger partial charge in [0, 0.05) is 46.0 Å². The summed E-state index contributed by atoms with van der Waals surface area (Å²) in [6.45, 7) is 13.4. The van der Waals surface area contributed by atoms with Gasteiger partial charge in [-0.2, -0.15) is 0 Å². The van der Waals surface area contributed by atoms with Crippen LogP contribution in [0.15, 0.2) is 115 Å². The zero-order valence-electron chi connectivity index (χ0n) is 30.5. The van der Waals surface area contributed by atoms with Crippen LogP contribution in [0.2, 0.25) is 0 Å². The van der Waals surface area contributed by atoms with Gasteiger partial charge in [-0.3, -0.25) is 9.55 Å². The minimum atomic E-state index is 0.0119. The average molecular weight is 680 g/mol. The molecule has 0 N–H and O–H groups in total. The van der Waals surface area contributed by atoms with Crippen LogP contribution < -0.4 is 0 Å². The van der Waals surface area contributed by atoms with Gasteiger partial charge in [0.25, 0.3) is 0 Å². The van der Waals surface area contributed by atoms with Gasteiger partial charge in [0.2, 0.25) is 5.90 Å². The molecule has 2 aliphatic rings. The standard InChI is InChI=1S/C46H41N5O/c1-26(2)28-10-16-40-38(21-28)36-8-7-17-48-44(36)51(40)32-12-14-35-37-18-27(3)9-15-39(37)50(41(35)23-32)33-20-30(24-47-25-33)45-49-43-34-13-11-31(46(4,5)6)19-29(34)22-42(43)52-45/h7-21,23-26,42-43H,22H2,1-6H3/t42-,43+/m0/s1. The Balaban J connectivity index is 1.12. The van der Waals surface area contributed by atoms with Crippen molar-refractivity contribution in [2.24, 2.45) is 4.99 Å². The van der Waals surface area contributed by atoms with Crippen LogP contribution in [0, 0.1) is 6.92 Å². The molecule has 0 radical (unpaired) electrons. The molecule has 4 aromatic carbocycles. The highest BCUT2D eigenvalue weighted by Gasteiger charge is 2.40. The molecule has 52 heavy (non-hydrogen) atoms. The summed E-state index contributed by atoms with van der Waals surface area (Å²) in [6, 6.07) is 33.6. The third-order valence-electron chi connectivity index (χ3n) is 11.2. The number of hydrogen-bond donors (Lipinski definition) is 0. The second-order valence-electron chi connectivity index (χ2n) is 16.0. The number of ether oxygens (including phenoxy) is 1. The van der Waals surface area contributed by atoms with Gasteiger partial charge in [0.05, 0.1) is 34.0 Å². The molecule has 0 fully saturated rings. The smallest absolute Gasteiger partial charge is 0.218 e. The molecule has 5 heterocycles. The van der Waals surface area contributed by atoms with E-state index in [2.05, 4.69) is 136 Å². The molecule has 6 heteroatoms. The van der Waals surface area contributed by atoms with E-state index in [0.29, 0.717) is 11.8 Å². The Morgan fingerprint density at radius 2 is 1.58 bits per heavy atom. The van der Waals surface area contributed by atoms with E-state index in [4.69, 9.17) is 19.7 Å². The summed E-state index contributed by atoms with van der Waals surface area (Å²) < 4.78 is 11.2. The molecule has 4 aromatic heterocycles. The predicted octanol–water partition coefficient (Wildman–Crippen LogP) is 10.8. The first kappa shape index (κ1) is 31.0. The maximum atomic E-state index is 6.61. The van der Waals surface area contributed by atoms with Crippen molar-refractivity contribution in [1.82, 2.24) is 19.1 Å². The van der Waals surface area contributed by atoms with Crippen LogP contribution in [0.4, 0.5) is 0 Å². The minimum absolute atomic E-state index is 0.0119. The lowest BCUT2D eigenvalue weighted by Gasteiger charge is -2.20. The molecule has 0 amide bonds. The topological polar surface area (TPSA) is 57.2 Å². The molecule has 6 nitrogen and oxygen atoms in total. The van der Waals surface area contributed by atoms with E-state index < -0.39 is 0 Å². The van der Waals surface area contributed by atoms with E-state index in [1.807, 2.05) is 24.7 Å². The number of aliphatic imine (C=N–C) groups is 1. The fraction of sp³-hybridized carbons (Fsp3) is 0.239. The van der Waals surface area contributed by atoms with Crippen molar-refractivity contribution in [2.45, 2.75) is 71.4 Å². The largest absolute Gasteiger partial charge is 0.471 e. The van der Waals surface area contributed by atoms with Gasteiger partial charge in [-0.1, -0.05) is 76.6 Å². The van der Waals surface area contributed by atoms with E-state index in [1.54, 1.807) is 0 Å². The number of aromatic nitrogens is 4. The van der Waals surface area contributed by atoms with Crippen LogP contribution in [0.25, 0.3) is 55.1 Å². The number of hydrogen-bond acceptors (Lipinski definition) is 4. The van der Waals surface area contributed by atoms with Crippen molar-refractivity contribution in [1.29, 1.82) is 0 Å². The summed E-state index contributed by atoms with van der Waals surface area (Å²) in [5, 5.41) is 4.79. The summed E-state index contributed by atoms with van der Waals surface area (Å²) in [4.78, 5) is 14.9. The highest BCUT2D eigenvalue weighted by molar-refractivity contribution is 6.11. The minimum Gasteiger partial charge on any atom is -0.471 e. The lowest BCUT2D eigenvalue weighted by molar-refractivity contribution is 0.206. The Kier molecular flexibility index (Phi) is 6.64. The number of benzene rings is 4. The van der Waals surface area contributed by atoms with Crippen molar-refractivity contribution in [2.75, 3.05) is 0 Å². The SMILES string of the molecule is Cc1ccc2c(c1)c1ccc(-n3c4ccc(C(C)C)cc4c4cccnc43)cc1n2-c1cncc(C2=N[C@@H]3c4ccc(C(C)(C)C)cc4C[C@@H]3O2)c1. The van der Waals surface area contributed by atoms with E-state index in [0.717, 1.165) is 50.9 Å². The van der Waals surface area contributed by atoms with Crippen LogP contribution in [-0.4, -0.2) is 31.1 Å². The summed E-state index contributed by atoms with van der Waals surface area (Å²) in [6.07, 6.45) is 6.60. The maximum Gasteiger partial charge on any atom is 0.218 e. The fourth-order valence-corrected chi connectivity index (χ4v) is 8.46. The van der Waals surface area contributed by atoms with Gasteiger partial charge < -0.3 is 9.30 Å². The average Bonchev–Trinajstić information content (AvgIpc) is 3.88. The van der Waals surface area contributed by atoms with E-state index in [9.17, 15) is 0 Å². The molecule has 8 aromatic rings. The molecule has 1 aliphatic heterocycles. The monoisotopic (exact) mass is 679 g/mol. The van der Waals surface area contributed by atoms with Gasteiger partial charge in [-0.15, -0.1) is 0 Å². The first-order chi connectivity index (χ1) is 25.1. The van der Waals surface area contributed by atoms with E-state index in [1.165, 1.54) is 44.0 Å². The van der Waals surface area contributed by atoms with Gasteiger partial charge in [-0.25, -0.2) is 9.98 Å². The van der Waals surface area contributed by atoms with Gasteiger partial charge >= 0.3 is 0 Å². The lowest BCUT2D eigenvalue weighted by atomic mass is 9.85. The van der Waals surface area contributed by atoms with Gasteiger partial charge in [-0.05, 0) is 95.1 Å². The van der Waals surface area contributed by atoms with Crippen LogP contribution in [-0.2, 0) is 16.6 Å². The van der Waals surface area contributed by atoms with Gasteiger partial charge in [0.15, 0.2) is 0 Å². The number of fused-ring (bicyclic) bond motifs is 9. The molecule has 0 spiro atoms. The van der Waals surface area contributed by atoms with Crippen molar-refractivity contribution >= 4 is 49.6 Å². The molecule has 256 valence electrons. The second-order valence-corrected chi connectivity index (χ2v) is 16.0. The third kappa shape index (κ3) is 4.66. The highest BCUT2D eigenvalue weighted by Crippen LogP contribution is 2.43. The summed E-state index contributed by atoms with van der Waals surface area (Å²) in [5.41, 5.74) is 13.9. The summed E-state index contributed by atoms with van der Waals surface area (Å²) in [7, 11) is 0. The Morgan fingerprint density at radius 3 is 2.42 bits per heavy atom. The molecule has 0 bridgehead atoms. The van der Waals surface area contributed by atoms with Crippen LogP contribution in [0.3, 0.4) is 0 Å². The molecule has 0 saturated carbocycles. The Labute approximate surface area is 303 Å². The molecule has 2 atom stereocenters. The molecule has 10 rings (SSSR count). The van der Waals surface area contributed by atoms with E-state index in [-0.39, 0.29) is 17.6 Å². The molecule has 0 unspecified atom stereocenters. The van der Waals surface area contributed by atoms with Crippen molar-refractivity contribution in [3.05, 3.63) is 143 Å². The van der Waals surface area contributed by atoms with Crippen LogP contribution in [0.1, 0.15) is 80.0 Å². The van der Waals surface area contributed by atoms with Crippen molar-refractivity contribution in [3.63, 3.8) is 0 Å². The molecular formula is C46H41N5O. The fourth-order valence-electron chi connectivity index (χ4n) is 8.46. The molecule has 1 aliphatic carbocycles. The number of nitrogens with zero attached hydrogens (tertiary/aromatic N) is 5. The summed E-state index contributed by atoms with van der Waals surface area (Å²) in [5.74, 6) is 1.11. The Bertz CT molecular complexity index is 2790. The van der Waals surface area contributed by atoms with Gasteiger partial charge in [0.1, 0.15) is 17.8 Å². The number of aryl methyl sites for hydroxylation is 1. The highest BCUT2D eigenvalue weighted by atomic mass is 16.5. The second kappa shape index (κ2) is 11.1. The third-order valence-corrected chi connectivity index (χ3v) is 11.2. The quantitative estimate of drug-likeness (QED) is 0.186. The first-order valence-electron chi connectivity index (χ1n) is 18.4. The molecular weight excluding hydrogens is 639 g/mol. The predicted molar refractivity (Wildman–Crippen MR) is 213 cm³/mol. The lowest BCUT2D eigenvalue weighted by Crippen LogP contribution is -2.14. The maximum absolute atomic E-state index is 6.61. The first-order valence-corrected chi connectivity index (χ1v) is 18.4. The van der Waals surface area contributed by atoms with Crippen LogP contribution in [0.5, 0.6) is 0 Å². The Morgan fingerprint density at radius 1 is 0.750 bits per heavy atom. The number of rotatable bonds is 4. The zero-order valence-corrected chi connectivity index (χ0v) is 30.5. The molecule has 0 saturated heterocycles. The van der Waals surface area contributed by atoms with Crippen LogP contribution >= 0.6 is 0 Å². The zero-order chi connectivity index (χ0) is 35.5. The van der Waals surface area contributed by atoms with Crippen molar-refractivity contribution in [3.8, 4) is 11.4 Å². The van der Waals surface area contributed by atoms with Crippen molar-refractivity contribution < 1.29 is 4.74 Å². The normalized spacial score (nSPS) is 17.0. The van der Waals surface area contributed by atoms with E-state index >= 15 is 0 Å². The Hall–Kier alpha value is -5.75. The summed E-state index contributed by atoms with van der Waals surface area (Å²) >= 11 is 0.